The Hall–Kier alpha value is -1.66. The Bertz CT molecular complexity index is 773. The molecule has 4 nitrogen and oxygen atoms in total. The second kappa shape index (κ2) is 8.35. The molecule has 1 aromatic rings. The lowest BCUT2D eigenvalue weighted by Gasteiger charge is -2.16. The van der Waals surface area contributed by atoms with Crippen LogP contribution in [0.2, 0.25) is 0 Å². The molecule has 0 aromatic heterocycles. The predicted molar refractivity (Wildman–Crippen MR) is 112 cm³/mol. The van der Waals surface area contributed by atoms with Crippen LogP contribution < -0.4 is 4.90 Å². The van der Waals surface area contributed by atoms with E-state index < -0.39 is 0 Å². The van der Waals surface area contributed by atoms with Crippen molar-refractivity contribution in [1.82, 2.24) is 4.90 Å². The molecule has 1 fully saturated rings. The van der Waals surface area contributed by atoms with E-state index in [1.54, 1.807) is 9.80 Å². The van der Waals surface area contributed by atoms with Gasteiger partial charge in [-0.25, -0.2) is 0 Å². The van der Waals surface area contributed by atoms with Crippen molar-refractivity contribution in [1.29, 1.82) is 0 Å². The number of fused-ring (bicyclic) bond motifs is 1. The average molecular weight is 389 g/mol. The number of para-hydroxylation sites is 1. The van der Waals surface area contributed by atoms with Gasteiger partial charge in [-0.3, -0.25) is 14.5 Å². The van der Waals surface area contributed by atoms with Crippen LogP contribution in [0.1, 0.15) is 51.5 Å². The number of thioether (sulfide) groups is 1. The van der Waals surface area contributed by atoms with Gasteiger partial charge in [0.2, 0.25) is 0 Å². The Kier molecular flexibility index (Phi) is 6.14. The van der Waals surface area contributed by atoms with E-state index in [-0.39, 0.29) is 11.8 Å². The van der Waals surface area contributed by atoms with Gasteiger partial charge in [0.15, 0.2) is 0 Å². The molecular formula is C20H24N2O2S2. The van der Waals surface area contributed by atoms with Crippen LogP contribution in [0.15, 0.2) is 29.2 Å². The second-order valence-electron chi connectivity index (χ2n) is 6.56. The number of unbranched alkanes of at least 4 members (excludes halogenated alkanes) is 3. The number of nitrogens with zero attached hydrogens (tertiary/aromatic N) is 2. The molecule has 2 heterocycles. The number of thiocarbonyl (C=S) groups is 1. The van der Waals surface area contributed by atoms with Crippen molar-refractivity contribution in [2.45, 2.75) is 46.0 Å². The molecule has 2 amide bonds. The van der Waals surface area contributed by atoms with Crippen molar-refractivity contribution in [3.63, 3.8) is 0 Å². The standard InChI is InChI=1S/C20H24N2O2S2/c1-3-5-9-13-22-19(24)17(26-20(22)25)16-14-10-7-8-11-15(14)21(18(16)23)12-6-4-2/h7-8,10-11H,3-6,9,12-13H2,1-2H3/b17-16-. The second-order valence-corrected chi connectivity index (χ2v) is 8.21. The highest BCUT2D eigenvalue weighted by molar-refractivity contribution is 8.26. The highest BCUT2D eigenvalue weighted by atomic mass is 32.2. The first kappa shape index (κ1) is 19.1. The van der Waals surface area contributed by atoms with Crippen LogP contribution >= 0.6 is 24.0 Å². The molecular weight excluding hydrogens is 364 g/mol. The molecule has 0 atom stereocenters. The minimum absolute atomic E-state index is 0.0753. The van der Waals surface area contributed by atoms with Gasteiger partial charge in [-0.15, -0.1) is 0 Å². The van der Waals surface area contributed by atoms with Crippen molar-refractivity contribution < 1.29 is 9.59 Å². The molecule has 26 heavy (non-hydrogen) atoms. The van der Waals surface area contributed by atoms with Crippen LogP contribution in [0.4, 0.5) is 5.69 Å². The van der Waals surface area contributed by atoms with Crippen molar-refractivity contribution in [3.05, 3.63) is 34.7 Å². The summed E-state index contributed by atoms with van der Waals surface area (Å²) < 4.78 is 0.561. The summed E-state index contributed by atoms with van der Waals surface area (Å²) in [6, 6.07) is 7.73. The van der Waals surface area contributed by atoms with Gasteiger partial charge in [-0.1, -0.05) is 75.3 Å². The van der Waals surface area contributed by atoms with Gasteiger partial charge in [-0.05, 0) is 18.9 Å². The van der Waals surface area contributed by atoms with Gasteiger partial charge in [0.1, 0.15) is 4.32 Å². The van der Waals surface area contributed by atoms with Gasteiger partial charge in [0.25, 0.3) is 11.8 Å². The highest BCUT2D eigenvalue weighted by Gasteiger charge is 2.41. The summed E-state index contributed by atoms with van der Waals surface area (Å²) in [6.45, 7) is 5.54. The maximum atomic E-state index is 13.1. The van der Waals surface area contributed by atoms with Crippen molar-refractivity contribution in [2.24, 2.45) is 0 Å². The molecule has 138 valence electrons. The van der Waals surface area contributed by atoms with Gasteiger partial charge in [0.05, 0.1) is 16.2 Å². The zero-order valence-corrected chi connectivity index (χ0v) is 16.9. The monoisotopic (exact) mass is 388 g/mol. The van der Waals surface area contributed by atoms with Crippen LogP contribution in [0, 0.1) is 0 Å². The predicted octanol–water partition coefficient (Wildman–Crippen LogP) is 4.59. The van der Waals surface area contributed by atoms with Gasteiger partial charge < -0.3 is 4.90 Å². The first-order chi connectivity index (χ1) is 12.6. The fourth-order valence-corrected chi connectivity index (χ4v) is 4.68. The maximum Gasteiger partial charge on any atom is 0.267 e. The highest BCUT2D eigenvalue weighted by Crippen LogP contribution is 2.44. The van der Waals surface area contributed by atoms with Gasteiger partial charge in [0, 0.05) is 18.7 Å². The van der Waals surface area contributed by atoms with Crippen LogP contribution in [0.3, 0.4) is 0 Å². The number of carbonyl (C=O) groups excluding carboxylic acids is 2. The zero-order chi connectivity index (χ0) is 18.7. The van der Waals surface area contributed by atoms with Crippen LogP contribution in [-0.4, -0.2) is 34.1 Å². The summed E-state index contributed by atoms with van der Waals surface area (Å²) in [7, 11) is 0. The summed E-state index contributed by atoms with van der Waals surface area (Å²) in [6.07, 6.45) is 5.04. The number of benzene rings is 1. The van der Waals surface area contributed by atoms with E-state index in [4.69, 9.17) is 12.2 Å². The quantitative estimate of drug-likeness (QED) is 0.389. The van der Waals surface area contributed by atoms with Gasteiger partial charge >= 0.3 is 0 Å². The Morgan fingerprint density at radius 1 is 0.923 bits per heavy atom. The van der Waals surface area contributed by atoms with Gasteiger partial charge in [-0.2, -0.15) is 0 Å². The number of carbonyl (C=O) groups is 2. The summed E-state index contributed by atoms with van der Waals surface area (Å²) >= 11 is 6.70. The van der Waals surface area contributed by atoms with Crippen LogP contribution in [-0.2, 0) is 9.59 Å². The first-order valence-electron chi connectivity index (χ1n) is 9.29. The third-order valence-electron chi connectivity index (χ3n) is 4.72. The van der Waals surface area contributed by atoms with Crippen LogP contribution in [0.25, 0.3) is 5.57 Å². The first-order valence-corrected chi connectivity index (χ1v) is 10.5. The Labute approximate surface area is 164 Å². The molecule has 0 aliphatic carbocycles. The van der Waals surface area contributed by atoms with E-state index in [2.05, 4.69) is 13.8 Å². The molecule has 1 saturated heterocycles. The molecule has 6 heteroatoms. The third kappa shape index (κ3) is 3.45. The summed E-state index contributed by atoms with van der Waals surface area (Å²) in [4.78, 5) is 30.0. The van der Waals surface area contributed by atoms with Crippen molar-refractivity contribution >= 4 is 51.4 Å². The average Bonchev–Trinajstić information content (AvgIpc) is 3.07. The number of hydrogen-bond donors (Lipinski definition) is 0. The topological polar surface area (TPSA) is 40.6 Å². The number of anilines is 1. The molecule has 2 aliphatic heterocycles. The fraction of sp³-hybridized carbons (Fsp3) is 0.450. The van der Waals surface area contributed by atoms with E-state index in [0.717, 1.165) is 43.4 Å². The molecule has 3 rings (SSSR count). The normalized spacial score (nSPS) is 19.7. The minimum atomic E-state index is -0.119. The van der Waals surface area contributed by atoms with Crippen LogP contribution in [0.5, 0.6) is 0 Å². The van der Waals surface area contributed by atoms with Crippen molar-refractivity contribution in [3.8, 4) is 0 Å². The Balaban J connectivity index is 1.96. The summed E-state index contributed by atoms with van der Waals surface area (Å²) in [5.74, 6) is -0.194. The molecule has 0 bridgehead atoms. The van der Waals surface area contributed by atoms with E-state index in [9.17, 15) is 9.59 Å². The lowest BCUT2D eigenvalue weighted by Crippen LogP contribution is -2.30. The summed E-state index contributed by atoms with van der Waals surface area (Å²) in [5.41, 5.74) is 2.27. The molecule has 0 saturated carbocycles. The Morgan fingerprint density at radius 2 is 1.62 bits per heavy atom. The third-order valence-corrected chi connectivity index (χ3v) is 6.17. The molecule has 2 aliphatic rings. The van der Waals surface area contributed by atoms with E-state index in [0.29, 0.717) is 27.9 Å². The number of hydrogen-bond acceptors (Lipinski definition) is 4. The lowest BCUT2D eigenvalue weighted by molar-refractivity contribution is -0.122. The Morgan fingerprint density at radius 3 is 2.35 bits per heavy atom. The van der Waals surface area contributed by atoms with E-state index in [1.165, 1.54) is 11.8 Å². The van der Waals surface area contributed by atoms with Crippen molar-refractivity contribution in [2.75, 3.05) is 18.0 Å². The molecule has 1 aromatic carbocycles. The molecule has 0 spiro atoms. The SMILES string of the molecule is CCCCCN1C(=O)/C(=C2/C(=O)N(CCCC)c3ccccc32)SC1=S. The number of amides is 2. The fourth-order valence-electron chi connectivity index (χ4n) is 3.30. The number of rotatable bonds is 7. The lowest BCUT2D eigenvalue weighted by atomic mass is 10.1. The zero-order valence-electron chi connectivity index (χ0n) is 15.3. The minimum Gasteiger partial charge on any atom is -0.308 e. The maximum absolute atomic E-state index is 13.1. The largest absolute Gasteiger partial charge is 0.308 e. The molecule has 0 unspecified atom stereocenters. The molecule has 0 N–H and O–H groups in total. The van der Waals surface area contributed by atoms with E-state index in [1.807, 2.05) is 24.3 Å². The smallest absolute Gasteiger partial charge is 0.267 e. The van der Waals surface area contributed by atoms with E-state index >= 15 is 0 Å². The summed E-state index contributed by atoms with van der Waals surface area (Å²) in [5, 5.41) is 0. The molecule has 0 radical (unpaired) electrons.